The Bertz CT molecular complexity index is 2150. The number of amidine groups is 1. The highest BCUT2D eigenvalue weighted by molar-refractivity contribution is 6.08. The number of carbonyl (C=O) groups excluding carboxylic acids is 5. The van der Waals surface area contributed by atoms with Crippen molar-refractivity contribution in [2.24, 2.45) is 16.6 Å². The van der Waals surface area contributed by atoms with Crippen LogP contribution in [0.3, 0.4) is 0 Å². The van der Waals surface area contributed by atoms with E-state index in [1.54, 1.807) is 42.6 Å². The summed E-state index contributed by atoms with van der Waals surface area (Å²) in [6.45, 7) is 6.50. The molecule has 332 valence electrons. The van der Waals surface area contributed by atoms with Gasteiger partial charge in [0.15, 0.2) is 11.6 Å². The van der Waals surface area contributed by atoms with Gasteiger partial charge >= 0.3 is 5.97 Å². The lowest BCUT2D eigenvalue weighted by Crippen LogP contribution is -2.42. The molecule has 2 aliphatic rings. The van der Waals surface area contributed by atoms with E-state index in [-0.39, 0.29) is 80.6 Å². The zero-order valence-corrected chi connectivity index (χ0v) is 34.5. The lowest BCUT2D eigenvalue weighted by Gasteiger charge is -2.32. The number of esters is 1. The Balaban J connectivity index is 0.978. The summed E-state index contributed by atoms with van der Waals surface area (Å²) in [5.74, 6) is -9.99. The standard InChI is InChI=1S/C43H50F4N8O7/c1-3-15-55(16-4-2)43(60)29-21-27-5-6-28(22-33(27)53-34(48)23-29)42(59)52-30-7-8-35(51-25-30)54-17-9-26(10-18-54)41(58)50-14-13-49-36(56)11-19-61-20-12-37(57)62-40-38(46)31(44)24-32(45)39(40)47/h5-8,21-22,24-26H,3-4,9-20,23H2,1-2H3,(H2,48,53)(H,49,56)(H,50,58)(H,52,59). The number of carbonyl (C=O) groups is 5. The lowest BCUT2D eigenvalue weighted by molar-refractivity contribution is -0.136. The molecule has 0 radical (unpaired) electrons. The van der Waals surface area contributed by atoms with Crippen LogP contribution < -0.4 is 31.3 Å². The Morgan fingerprint density at radius 2 is 1.56 bits per heavy atom. The molecular weight excluding hydrogens is 817 g/mol. The number of benzene rings is 2. The number of rotatable bonds is 19. The van der Waals surface area contributed by atoms with E-state index in [0.717, 1.165) is 12.8 Å². The first kappa shape index (κ1) is 46.7. The van der Waals surface area contributed by atoms with Gasteiger partial charge in [-0.25, -0.2) is 18.8 Å². The average Bonchev–Trinajstić information content (AvgIpc) is 3.43. The Morgan fingerprint density at radius 1 is 0.887 bits per heavy atom. The quantitative estimate of drug-likeness (QED) is 0.0411. The predicted molar refractivity (Wildman–Crippen MR) is 223 cm³/mol. The molecule has 2 aliphatic heterocycles. The SMILES string of the molecule is CCCN(CCC)C(=O)C1=Cc2ccc(C(=O)Nc3ccc(N4CCC(C(=O)NCCNC(=O)CCOCCC(=O)Oc5c(F)c(F)cc(F)c5F)CC4)nc3)cc2N=C(N)C1. The first-order chi connectivity index (χ1) is 29.8. The number of nitrogens with zero attached hydrogens (tertiary/aromatic N) is 4. The summed E-state index contributed by atoms with van der Waals surface area (Å²) in [5.41, 5.74) is 8.82. The van der Waals surface area contributed by atoms with Crippen molar-refractivity contribution in [1.29, 1.82) is 0 Å². The number of nitrogens with one attached hydrogen (secondary N) is 3. The Kier molecular flexibility index (Phi) is 16.9. The van der Waals surface area contributed by atoms with Gasteiger partial charge in [-0.3, -0.25) is 24.0 Å². The number of nitrogens with two attached hydrogens (primary N) is 1. The summed E-state index contributed by atoms with van der Waals surface area (Å²) in [4.78, 5) is 76.2. The van der Waals surface area contributed by atoms with Crippen LogP contribution in [0.4, 0.5) is 34.8 Å². The van der Waals surface area contributed by atoms with Crippen LogP contribution in [0.5, 0.6) is 5.75 Å². The molecule has 19 heteroatoms. The van der Waals surface area contributed by atoms with Gasteiger partial charge in [0.25, 0.3) is 5.91 Å². The summed E-state index contributed by atoms with van der Waals surface area (Å²) in [5, 5.41) is 8.32. The van der Waals surface area contributed by atoms with Crippen LogP contribution >= 0.6 is 0 Å². The zero-order valence-electron chi connectivity index (χ0n) is 34.5. The van der Waals surface area contributed by atoms with Gasteiger partial charge in [0.1, 0.15) is 11.7 Å². The molecule has 0 bridgehead atoms. The largest absolute Gasteiger partial charge is 0.420 e. The summed E-state index contributed by atoms with van der Waals surface area (Å²) >= 11 is 0. The fourth-order valence-corrected chi connectivity index (χ4v) is 6.80. The van der Waals surface area contributed by atoms with Crippen LogP contribution in [0.2, 0.25) is 0 Å². The van der Waals surface area contributed by atoms with Crippen molar-refractivity contribution in [1.82, 2.24) is 20.5 Å². The summed E-state index contributed by atoms with van der Waals surface area (Å²) in [6, 6.07) is 8.61. The molecule has 2 aromatic carbocycles. The van der Waals surface area contributed by atoms with Crippen LogP contribution in [0.1, 0.15) is 74.7 Å². The van der Waals surface area contributed by atoms with E-state index in [1.807, 2.05) is 18.7 Å². The van der Waals surface area contributed by atoms with Crippen LogP contribution in [-0.4, -0.2) is 97.8 Å². The summed E-state index contributed by atoms with van der Waals surface area (Å²) in [6.07, 6.45) is 5.85. The molecule has 1 fully saturated rings. The number of halogens is 4. The second-order valence-electron chi connectivity index (χ2n) is 14.7. The first-order valence-corrected chi connectivity index (χ1v) is 20.4. The van der Waals surface area contributed by atoms with E-state index in [1.165, 1.54) is 0 Å². The highest BCUT2D eigenvalue weighted by Gasteiger charge is 2.27. The van der Waals surface area contributed by atoms with Gasteiger partial charge in [-0.1, -0.05) is 19.9 Å². The molecule has 0 unspecified atom stereocenters. The van der Waals surface area contributed by atoms with E-state index >= 15 is 0 Å². The highest BCUT2D eigenvalue weighted by atomic mass is 19.2. The van der Waals surface area contributed by atoms with Crippen molar-refractivity contribution < 1.29 is 51.0 Å². The third-order valence-corrected chi connectivity index (χ3v) is 9.96. The van der Waals surface area contributed by atoms with Gasteiger partial charge in [-0.15, -0.1) is 0 Å². The van der Waals surface area contributed by atoms with Crippen molar-refractivity contribution >= 4 is 58.7 Å². The molecule has 4 amide bonds. The van der Waals surface area contributed by atoms with Gasteiger partial charge < -0.3 is 41.0 Å². The second-order valence-corrected chi connectivity index (χ2v) is 14.7. The smallest absolute Gasteiger partial charge is 0.313 e. The van der Waals surface area contributed by atoms with Gasteiger partial charge in [-0.2, -0.15) is 8.78 Å². The number of anilines is 2. The van der Waals surface area contributed by atoms with Crippen molar-refractivity contribution in [3.8, 4) is 5.75 Å². The van der Waals surface area contributed by atoms with E-state index in [2.05, 4.69) is 35.6 Å². The maximum Gasteiger partial charge on any atom is 0.313 e. The van der Waals surface area contributed by atoms with Crippen LogP contribution in [0, 0.1) is 29.2 Å². The molecule has 0 atom stereocenters. The van der Waals surface area contributed by atoms with Crippen molar-refractivity contribution in [2.75, 3.05) is 62.7 Å². The number of ether oxygens (including phenoxy) is 2. The summed E-state index contributed by atoms with van der Waals surface area (Å²) in [7, 11) is 0. The van der Waals surface area contributed by atoms with Gasteiger partial charge in [-0.05, 0) is 56.0 Å². The molecular formula is C43H50F4N8O7. The zero-order chi connectivity index (χ0) is 44.8. The number of hydrogen-bond donors (Lipinski definition) is 4. The second kappa shape index (κ2) is 22.5. The van der Waals surface area contributed by atoms with E-state index in [0.29, 0.717) is 72.9 Å². The molecule has 15 nitrogen and oxygen atoms in total. The molecule has 62 heavy (non-hydrogen) atoms. The fourth-order valence-electron chi connectivity index (χ4n) is 6.80. The number of piperidine rings is 1. The maximum absolute atomic E-state index is 13.7. The number of hydrogen-bond acceptors (Lipinski definition) is 11. The third-order valence-electron chi connectivity index (χ3n) is 9.96. The fraction of sp³-hybridized carbons (Fsp3) is 0.419. The van der Waals surface area contributed by atoms with Gasteiger partial charge in [0, 0.05) is 80.8 Å². The Hall–Kier alpha value is -6.37. The minimum atomic E-state index is -1.84. The lowest BCUT2D eigenvalue weighted by atomic mass is 9.96. The number of amides is 4. The normalized spacial score (nSPS) is 13.9. The molecule has 5 rings (SSSR count). The summed E-state index contributed by atoms with van der Waals surface area (Å²) < 4.78 is 63.4. The maximum atomic E-state index is 13.7. The number of fused-ring (bicyclic) bond motifs is 1. The number of aliphatic imine (C=N–C) groups is 1. The van der Waals surface area contributed by atoms with E-state index in [9.17, 15) is 41.5 Å². The molecule has 0 aliphatic carbocycles. The van der Waals surface area contributed by atoms with Crippen LogP contribution in [-0.2, 0) is 23.9 Å². The van der Waals surface area contributed by atoms with Gasteiger partial charge in [0.2, 0.25) is 35.1 Å². The Labute approximate surface area is 356 Å². The molecule has 0 spiro atoms. The molecule has 1 aromatic heterocycles. The Morgan fingerprint density at radius 3 is 2.23 bits per heavy atom. The van der Waals surface area contributed by atoms with Crippen LogP contribution in [0.25, 0.3) is 6.08 Å². The van der Waals surface area contributed by atoms with E-state index in [4.69, 9.17) is 10.5 Å². The molecule has 3 aromatic rings. The number of aromatic nitrogens is 1. The molecule has 1 saturated heterocycles. The van der Waals surface area contributed by atoms with Gasteiger partial charge in [0.05, 0.1) is 37.2 Å². The monoisotopic (exact) mass is 866 g/mol. The minimum Gasteiger partial charge on any atom is -0.420 e. The minimum absolute atomic E-state index is 0.0105. The van der Waals surface area contributed by atoms with Crippen LogP contribution in [0.15, 0.2) is 53.2 Å². The van der Waals surface area contributed by atoms with Crippen molar-refractivity contribution in [3.05, 3.63) is 82.6 Å². The van der Waals surface area contributed by atoms with Crippen molar-refractivity contribution in [2.45, 2.75) is 58.8 Å². The highest BCUT2D eigenvalue weighted by Crippen LogP contribution is 2.30. The first-order valence-electron chi connectivity index (χ1n) is 20.4. The average molecular weight is 867 g/mol. The topological polar surface area (TPSA) is 198 Å². The molecule has 0 saturated carbocycles. The predicted octanol–water partition coefficient (Wildman–Crippen LogP) is 5.17. The number of pyridine rings is 1. The van der Waals surface area contributed by atoms with Crippen molar-refractivity contribution in [3.63, 3.8) is 0 Å². The molecule has 3 heterocycles. The van der Waals surface area contributed by atoms with E-state index < -0.39 is 41.4 Å². The third kappa shape index (κ3) is 12.8. The molecule has 5 N–H and O–H groups in total.